The van der Waals surface area contributed by atoms with Gasteiger partial charge in [0.05, 0.1) is 0 Å². The standard InChI is InChI=1S/C15H34N2/c1-9-15(6,7)17(8)12-11-13(16-10-2)14(3,4)5/h13,16H,9-12H2,1-8H3. The Morgan fingerprint density at radius 3 is 1.94 bits per heavy atom. The van der Waals surface area contributed by atoms with Crippen molar-refractivity contribution in [3.05, 3.63) is 0 Å². The lowest BCUT2D eigenvalue weighted by atomic mass is 9.84. The number of rotatable bonds is 7. The van der Waals surface area contributed by atoms with Crippen LogP contribution in [0, 0.1) is 5.41 Å². The Morgan fingerprint density at radius 1 is 1.06 bits per heavy atom. The molecule has 0 saturated carbocycles. The Balaban J connectivity index is 4.32. The largest absolute Gasteiger partial charge is 0.314 e. The van der Waals surface area contributed by atoms with Gasteiger partial charge in [0, 0.05) is 11.6 Å². The monoisotopic (exact) mass is 242 g/mol. The van der Waals surface area contributed by atoms with Crippen LogP contribution in [0.3, 0.4) is 0 Å². The summed E-state index contributed by atoms with van der Waals surface area (Å²) in [4.78, 5) is 2.49. The molecule has 0 aromatic heterocycles. The fourth-order valence-electron chi connectivity index (χ4n) is 1.98. The summed E-state index contributed by atoms with van der Waals surface area (Å²) in [6, 6.07) is 0.600. The third kappa shape index (κ3) is 5.87. The second kappa shape index (κ2) is 6.75. The Bertz CT molecular complexity index is 203. The molecule has 0 aliphatic rings. The van der Waals surface area contributed by atoms with Crippen molar-refractivity contribution in [3.63, 3.8) is 0 Å². The normalized spacial score (nSPS) is 15.4. The zero-order valence-corrected chi connectivity index (χ0v) is 13.4. The van der Waals surface area contributed by atoms with Gasteiger partial charge in [-0.25, -0.2) is 0 Å². The highest BCUT2D eigenvalue weighted by Crippen LogP contribution is 2.23. The van der Waals surface area contributed by atoms with Crippen LogP contribution in [0.5, 0.6) is 0 Å². The van der Waals surface area contributed by atoms with Crippen molar-refractivity contribution in [2.24, 2.45) is 5.41 Å². The van der Waals surface area contributed by atoms with Crippen LogP contribution in [0.15, 0.2) is 0 Å². The molecule has 0 radical (unpaired) electrons. The average Bonchev–Trinajstić information content (AvgIpc) is 2.21. The van der Waals surface area contributed by atoms with Gasteiger partial charge < -0.3 is 10.2 Å². The van der Waals surface area contributed by atoms with Crippen molar-refractivity contribution in [2.45, 2.75) is 72.9 Å². The highest BCUT2D eigenvalue weighted by molar-refractivity contribution is 4.83. The van der Waals surface area contributed by atoms with Crippen LogP contribution >= 0.6 is 0 Å². The molecular formula is C15H34N2. The number of hydrogen-bond acceptors (Lipinski definition) is 2. The van der Waals surface area contributed by atoms with E-state index in [0.29, 0.717) is 17.0 Å². The molecule has 1 atom stereocenters. The van der Waals surface area contributed by atoms with Crippen LogP contribution in [0.2, 0.25) is 0 Å². The SMILES string of the molecule is CCNC(CCN(C)C(C)(C)CC)C(C)(C)C. The first kappa shape index (κ1) is 16.9. The highest BCUT2D eigenvalue weighted by atomic mass is 15.2. The first-order valence-electron chi connectivity index (χ1n) is 7.09. The molecule has 0 aromatic rings. The lowest BCUT2D eigenvalue weighted by Crippen LogP contribution is -2.46. The van der Waals surface area contributed by atoms with Crippen molar-refractivity contribution in [2.75, 3.05) is 20.1 Å². The summed E-state index contributed by atoms with van der Waals surface area (Å²) in [5.74, 6) is 0. The summed E-state index contributed by atoms with van der Waals surface area (Å²) in [6.45, 7) is 18.3. The Morgan fingerprint density at radius 2 is 1.59 bits per heavy atom. The first-order valence-corrected chi connectivity index (χ1v) is 7.09. The van der Waals surface area contributed by atoms with E-state index < -0.39 is 0 Å². The minimum Gasteiger partial charge on any atom is -0.314 e. The zero-order valence-electron chi connectivity index (χ0n) is 13.4. The Kier molecular flexibility index (Phi) is 6.71. The summed E-state index contributed by atoms with van der Waals surface area (Å²) in [6.07, 6.45) is 2.42. The summed E-state index contributed by atoms with van der Waals surface area (Å²) in [5.41, 5.74) is 0.655. The molecule has 0 aliphatic carbocycles. The van der Waals surface area contributed by atoms with Gasteiger partial charge in [-0.1, -0.05) is 34.6 Å². The molecule has 0 rings (SSSR count). The first-order chi connectivity index (χ1) is 7.65. The van der Waals surface area contributed by atoms with Gasteiger partial charge in [-0.3, -0.25) is 0 Å². The van der Waals surface area contributed by atoms with E-state index in [2.05, 4.69) is 65.7 Å². The summed E-state index contributed by atoms with van der Waals surface area (Å²) in [5, 5.41) is 3.62. The topological polar surface area (TPSA) is 15.3 Å². The molecule has 2 nitrogen and oxygen atoms in total. The maximum absolute atomic E-state index is 3.62. The van der Waals surface area contributed by atoms with E-state index in [-0.39, 0.29) is 0 Å². The van der Waals surface area contributed by atoms with Gasteiger partial charge in [-0.2, -0.15) is 0 Å². The molecule has 0 bridgehead atoms. The molecule has 0 spiro atoms. The second-order valence-corrected chi connectivity index (χ2v) is 6.85. The van der Waals surface area contributed by atoms with Gasteiger partial charge in [-0.15, -0.1) is 0 Å². The molecule has 0 heterocycles. The fourth-order valence-corrected chi connectivity index (χ4v) is 1.98. The van der Waals surface area contributed by atoms with E-state index >= 15 is 0 Å². The summed E-state index contributed by atoms with van der Waals surface area (Å²) >= 11 is 0. The number of nitrogens with zero attached hydrogens (tertiary/aromatic N) is 1. The highest BCUT2D eigenvalue weighted by Gasteiger charge is 2.26. The van der Waals surface area contributed by atoms with Crippen LogP contribution in [-0.2, 0) is 0 Å². The van der Waals surface area contributed by atoms with E-state index in [9.17, 15) is 0 Å². The van der Waals surface area contributed by atoms with Crippen molar-refractivity contribution < 1.29 is 0 Å². The van der Waals surface area contributed by atoms with Crippen molar-refractivity contribution in [1.29, 1.82) is 0 Å². The van der Waals surface area contributed by atoms with Crippen LogP contribution in [0.1, 0.15) is 61.3 Å². The molecule has 0 aliphatic heterocycles. The predicted octanol–water partition coefficient (Wildman–Crippen LogP) is 3.52. The van der Waals surface area contributed by atoms with E-state index in [1.165, 1.54) is 12.8 Å². The molecular weight excluding hydrogens is 208 g/mol. The van der Waals surface area contributed by atoms with Crippen molar-refractivity contribution in [3.8, 4) is 0 Å². The summed E-state index contributed by atoms with van der Waals surface area (Å²) < 4.78 is 0. The van der Waals surface area contributed by atoms with Gasteiger partial charge >= 0.3 is 0 Å². The number of hydrogen-bond donors (Lipinski definition) is 1. The molecule has 104 valence electrons. The smallest absolute Gasteiger partial charge is 0.0147 e. The van der Waals surface area contributed by atoms with Gasteiger partial charge in [0.1, 0.15) is 0 Å². The van der Waals surface area contributed by atoms with E-state index in [4.69, 9.17) is 0 Å². The Hall–Kier alpha value is -0.0800. The summed E-state index contributed by atoms with van der Waals surface area (Å²) in [7, 11) is 2.25. The maximum atomic E-state index is 3.62. The van der Waals surface area contributed by atoms with Crippen LogP contribution in [0.4, 0.5) is 0 Å². The van der Waals surface area contributed by atoms with E-state index in [1.807, 2.05) is 0 Å². The molecule has 0 fully saturated rings. The third-order valence-corrected chi connectivity index (χ3v) is 4.15. The van der Waals surface area contributed by atoms with Crippen LogP contribution in [-0.4, -0.2) is 36.6 Å². The minimum absolute atomic E-state index is 0.314. The van der Waals surface area contributed by atoms with Crippen LogP contribution in [0.25, 0.3) is 0 Å². The molecule has 0 amide bonds. The third-order valence-electron chi connectivity index (χ3n) is 4.15. The molecule has 0 saturated heterocycles. The molecule has 0 aromatic carbocycles. The van der Waals surface area contributed by atoms with E-state index in [1.54, 1.807) is 0 Å². The van der Waals surface area contributed by atoms with Gasteiger partial charge in [-0.05, 0) is 52.2 Å². The molecule has 1 unspecified atom stereocenters. The van der Waals surface area contributed by atoms with Crippen molar-refractivity contribution >= 4 is 0 Å². The number of nitrogens with one attached hydrogen (secondary N) is 1. The zero-order chi connectivity index (χ0) is 13.7. The average molecular weight is 242 g/mol. The minimum atomic E-state index is 0.314. The van der Waals surface area contributed by atoms with Gasteiger partial charge in [0.25, 0.3) is 0 Å². The fraction of sp³-hybridized carbons (Fsp3) is 1.00. The Labute approximate surface area is 109 Å². The molecule has 2 heteroatoms. The predicted molar refractivity (Wildman–Crippen MR) is 78.5 cm³/mol. The van der Waals surface area contributed by atoms with Crippen LogP contribution < -0.4 is 5.32 Å². The van der Waals surface area contributed by atoms with Gasteiger partial charge in [0.15, 0.2) is 0 Å². The lowest BCUT2D eigenvalue weighted by molar-refractivity contribution is 0.131. The quantitative estimate of drug-likeness (QED) is 0.735. The second-order valence-electron chi connectivity index (χ2n) is 6.85. The van der Waals surface area contributed by atoms with Gasteiger partial charge in [0.2, 0.25) is 0 Å². The maximum Gasteiger partial charge on any atom is 0.0147 e. The molecule has 1 N–H and O–H groups in total. The lowest BCUT2D eigenvalue weighted by Gasteiger charge is -2.38. The van der Waals surface area contributed by atoms with E-state index in [0.717, 1.165) is 13.1 Å². The molecule has 17 heavy (non-hydrogen) atoms. The van der Waals surface area contributed by atoms with Crippen molar-refractivity contribution in [1.82, 2.24) is 10.2 Å².